The minimum atomic E-state index is -0.190. The maximum atomic E-state index is 11.2. The summed E-state index contributed by atoms with van der Waals surface area (Å²) in [6.45, 7) is 2.70. The average molecular weight is 374 g/mol. The number of rotatable bonds is 8. The number of ether oxygens (including phenoxy) is 2. The molecule has 3 rings (SSSR count). The van der Waals surface area contributed by atoms with Crippen LogP contribution in [0.2, 0.25) is 0 Å². The molecule has 0 heterocycles. The minimum absolute atomic E-state index is 0.190. The molecule has 0 atom stereocenters. The lowest BCUT2D eigenvalue weighted by molar-refractivity contribution is -0.140. The average Bonchev–Trinajstić information content (AvgIpc) is 2.76. The summed E-state index contributed by atoms with van der Waals surface area (Å²) in [6, 6.07) is 24.9. The molecule has 0 radical (unpaired) electrons. The van der Waals surface area contributed by atoms with Crippen LogP contribution in [0.25, 0.3) is 11.1 Å². The van der Waals surface area contributed by atoms with E-state index in [4.69, 9.17) is 4.74 Å². The topological polar surface area (TPSA) is 35.5 Å². The highest BCUT2D eigenvalue weighted by atomic mass is 16.5. The molecule has 0 saturated heterocycles. The normalized spacial score (nSPS) is 10.5. The smallest absolute Gasteiger partial charge is 0.305 e. The van der Waals surface area contributed by atoms with Crippen LogP contribution in [0.5, 0.6) is 5.75 Å². The van der Waals surface area contributed by atoms with Gasteiger partial charge in [0.1, 0.15) is 12.4 Å². The largest absolute Gasteiger partial charge is 0.489 e. The fourth-order valence-electron chi connectivity index (χ4n) is 3.21. The monoisotopic (exact) mass is 374 g/mol. The molecular formula is C25H26O3. The van der Waals surface area contributed by atoms with Gasteiger partial charge in [-0.25, -0.2) is 0 Å². The van der Waals surface area contributed by atoms with Crippen molar-refractivity contribution in [2.45, 2.75) is 32.8 Å². The van der Waals surface area contributed by atoms with E-state index in [1.807, 2.05) is 24.3 Å². The first-order valence-electron chi connectivity index (χ1n) is 9.65. The van der Waals surface area contributed by atoms with Gasteiger partial charge in [-0.1, -0.05) is 61.5 Å². The molecule has 0 aromatic heterocycles. The Bertz CT molecular complexity index is 913. The lowest BCUT2D eigenvalue weighted by Crippen LogP contribution is -2.02. The number of methoxy groups -OCH3 is 1. The van der Waals surface area contributed by atoms with E-state index in [-0.39, 0.29) is 5.97 Å². The van der Waals surface area contributed by atoms with Gasteiger partial charge in [0, 0.05) is 6.42 Å². The van der Waals surface area contributed by atoms with Gasteiger partial charge < -0.3 is 9.47 Å². The zero-order valence-electron chi connectivity index (χ0n) is 16.5. The number of carbonyl (C=O) groups is 1. The quantitative estimate of drug-likeness (QED) is 0.481. The van der Waals surface area contributed by atoms with E-state index in [1.54, 1.807) is 0 Å². The highest BCUT2D eigenvalue weighted by Crippen LogP contribution is 2.25. The molecule has 0 saturated carbocycles. The molecule has 0 bridgehead atoms. The molecule has 3 aromatic rings. The Morgan fingerprint density at radius 3 is 2.43 bits per heavy atom. The number of benzene rings is 3. The lowest BCUT2D eigenvalue weighted by atomic mass is 9.97. The fraction of sp³-hybridized carbons (Fsp3) is 0.240. The van der Waals surface area contributed by atoms with E-state index in [1.165, 1.54) is 23.8 Å². The molecule has 3 aromatic carbocycles. The molecule has 0 unspecified atom stereocenters. The first-order chi connectivity index (χ1) is 13.7. The van der Waals surface area contributed by atoms with E-state index < -0.39 is 0 Å². The number of hydrogen-bond acceptors (Lipinski definition) is 3. The van der Waals surface area contributed by atoms with Gasteiger partial charge in [-0.3, -0.25) is 4.79 Å². The second kappa shape index (κ2) is 9.75. The van der Waals surface area contributed by atoms with Crippen LogP contribution in [-0.2, 0) is 29.0 Å². The zero-order valence-corrected chi connectivity index (χ0v) is 16.5. The van der Waals surface area contributed by atoms with Crippen molar-refractivity contribution in [3.05, 3.63) is 89.5 Å². The predicted molar refractivity (Wildman–Crippen MR) is 112 cm³/mol. The van der Waals surface area contributed by atoms with Gasteiger partial charge in [-0.05, 0) is 58.9 Å². The fourth-order valence-corrected chi connectivity index (χ4v) is 3.21. The van der Waals surface area contributed by atoms with Crippen molar-refractivity contribution in [3.63, 3.8) is 0 Å². The molecule has 0 aliphatic carbocycles. The van der Waals surface area contributed by atoms with Crippen LogP contribution in [0.15, 0.2) is 72.8 Å². The molecule has 0 aliphatic rings. The maximum absolute atomic E-state index is 11.2. The SMILES string of the molecule is CCc1ccccc1-c1cccc(COc2ccc(CCC(=O)OC)cc2)c1. The Balaban J connectivity index is 1.63. The van der Waals surface area contributed by atoms with Gasteiger partial charge in [0.15, 0.2) is 0 Å². The third-order valence-electron chi connectivity index (χ3n) is 4.81. The molecule has 144 valence electrons. The molecule has 0 amide bonds. The summed E-state index contributed by atoms with van der Waals surface area (Å²) in [4.78, 5) is 11.2. The number of esters is 1. The van der Waals surface area contributed by atoms with Crippen LogP contribution in [0.1, 0.15) is 30.0 Å². The van der Waals surface area contributed by atoms with E-state index in [0.29, 0.717) is 19.4 Å². The highest BCUT2D eigenvalue weighted by molar-refractivity contribution is 5.69. The van der Waals surface area contributed by atoms with Crippen LogP contribution in [0.3, 0.4) is 0 Å². The Kier molecular flexibility index (Phi) is 6.85. The van der Waals surface area contributed by atoms with Crippen molar-refractivity contribution in [3.8, 4) is 16.9 Å². The molecule has 0 spiro atoms. The van der Waals surface area contributed by atoms with Crippen molar-refractivity contribution in [2.75, 3.05) is 7.11 Å². The van der Waals surface area contributed by atoms with Gasteiger partial charge in [0.05, 0.1) is 7.11 Å². The molecule has 0 aliphatic heterocycles. The number of hydrogen-bond donors (Lipinski definition) is 0. The second-order valence-corrected chi connectivity index (χ2v) is 6.72. The first-order valence-corrected chi connectivity index (χ1v) is 9.65. The van der Waals surface area contributed by atoms with E-state index in [2.05, 4.69) is 60.2 Å². The van der Waals surface area contributed by atoms with Gasteiger partial charge in [0.25, 0.3) is 0 Å². The molecule has 0 fully saturated rings. The van der Waals surface area contributed by atoms with E-state index in [9.17, 15) is 4.79 Å². The second-order valence-electron chi connectivity index (χ2n) is 6.72. The van der Waals surface area contributed by atoms with Gasteiger partial charge in [-0.15, -0.1) is 0 Å². The maximum Gasteiger partial charge on any atom is 0.305 e. The summed E-state index contributed by atoms with van der Waals surface area (Å²) in [5.74, 6) is 0.631. The number of carbonyl (C=O) groups excluding carboxylic acids is 1. The van der Waals surface area contributed by atoms with Crippen LogP contribution in [0, 0.1) is 0 Å². The van der Waals surface area contributed by atoms with Crippen LogP contribution < -0.4 is 4.74 Å². The van der Waals surface area contributed by atoms with E-state index >= 15 is 0 Å². The molecular weight excluding hydrogens is 348 g/mol. The first kappa shape index (κ1) is 19.7. The van der Waals surface area contributed by atoms with Crippen LogP contribution >= 0.6 is 0 Å². The molecule has 3 heteroatoms. The van der Waals surface area contributed by atoms with Gasteiger partial charge in [0.2, 0.25) is 0 Å². The summed E-state index contributed by atoms with van der Waals surface area (Å²) in [5, 5.41) is 0. The summed E-state index contributed by atoms with van der Waals surface area (Å²) in [6.07, 6.45) is 2.08. The third kappa shape index (κ3) is 5.23. The van der Waals surface area contributed by atoms with Crippen molar-refractivity contribution >= 4 is 5.97 Å². The Morgan fingerprint density at radius 2 is 1.68 bits per heavy atom. The van der Waals surface area contributed by atoms with E-state index in [0.717, 1.165) is 23.3 Å². The van der Waals surface area contributed by atoms with Gasteiger partial charge >= 0.3 is 5.97 Å². The van der Waals surface area contributed by atoms with Crippen molar-refractivity contribution in [1.82, 2.24) is 0 Å². The summed E-state index contributed by atoms with van der Waals surface area (Å²) in [7, 11) is 1.41. The summed E-state index contributed by atoms with van der Waals surface area (Å²) >= 11 is 0. The Labute approximate surface area is 166 Å². The van der Waals surface area contributed by atoms with Crippen molar-refractivity contribution in [1.29, 1.82) is 0 Å². The lowest BCUT2D eigenvalue weighted by Gasteiger charge is -2.11. The molecule has 28 heavy (non-hydrogen) atoms. The summed E-state index contributed by atoms with van der Waals surface area (Å²) in [5.41, 5.74) is 6.08. The van der Waals surface area contributed by atoms with Gasteiger partial charge in [-0.2, -0.15) is 0 Å². The standard InChI is InChI=1S/C25H26O3/c1-3-21-8-4-5-10-24(21)22-9-6-7-20(17-22)18-28-23-14-11-19(12-15-23)13-16-25(26)27-2/h4-12,14-15,17H,3,13,16,18H2,1-2H3. The highest BCUT2D eigenvalue weighted by Gasteiger charge is 2.05. The minimum Gasteiger partial charge on any atom is -0.489 e. The van der Waals surface area contributed by atoms with Crippen LogP contribution in [-0.4, -0.2) is 13.1 Å². The zero-order chi connectivity index (χ0) is 19.8. The van der Waals surface area contributed by atoms with Crippen molar-refractivity contribution < 1.29 is 14.3 Å². The molecule has 3 nitrogen and oxygen atoms in total. The van der Waals surface area contributed by atoms with Crippen LogP contribution in [0.4, 0.5) is 0 Å². The van der Waals surface area contributed by atoms with Crippen molar-refractivity contribution in [2.24, 2.45) is 0 Å². The Morgan fingerprint density at radius 1 is 0.893 bits per heavy atom. The molecule has 0 N–H and O–H groups in total. The summed E-state index contributed by atoms with van der Waals surface area (Å²) < 4.78 is 10.6. The Hall–Kier alpha value is -3.07. The number of aryl methyl sites for hydroxylation is 2. The third-order valence-corrected chi connectivity index (χ3v) is 4.81. The predicted octanol–water partition coefficient (Wildman–Crippen LogP) is 5.60.